The van der Waals surface area contributed by atoms with Crippen LogP contribution in [0.15, 0.2) is 12.2 Å². The van der Waals surface area contributed by atoms with Crippen molar-refractivity contribution in [3.05, 3.63) is 12.2 Å². The predicted octanol–water partition coefficient (Wildman–Crippen LogP) is 7.73. The van der Waals surface area contributed by atoms with E-state index in [4.69, 9.17) is 19.7 Å². The zero-order valence-corrected chi connectivity index (χ0v) is 31.6. The molecule has 270 valence electrons. The van der Waals surface area contributed by atoms with E-state index < -0.39 is 11.9 Å². The van der Waals surface area contributed by atoms with E-state index in [9.17, 15) is 19.2 Å². The minimum absolute atomic E-state index is 0.0576. The first kappa shape index (κ1) is 37.6. The van der Waals surface area contributed by atoms with Crippen LogP contribution in [0.3, 0.4) is 0 Å². The first-order valence-electron chi connectivity index (χ1n) is 18.0. The molecule has 0 aliphatic heterocycles. The number of carbonyl (C=O) groups excluding carboxylic acids is 2. The normalized spacial score (nSPS) is 41.1. The number of aliphatic carboxylic acids is 2. The van der Waals surface area contributed by atoms with Crippen molar-refractivity contribution in [1.82, 2.24) is 0 Å². The summed E-state index contributed by atoms with van der Waals surface area (Å²) in [4.78, 5) is 47.3. The largest absolute Gasteiger partial charge is 0.481 e. The second-order valence-electron chi connectivity index (χ2n) is 17.3. The first-order chi connectivity index (χ1) is 22.4. The highest BCUT2D eigenvalue weighted by molar-refractivity contribution is 8.00. The number of ether oxygens (including phenoxy) is 2. The summed E-state index contributed by atoms with van der Waals surface area (Å²) in [5, 5.41) is 17.9. The number of rotatable bonds is 12. The van der Waals surface area contributed by atoms with Gasteiger partial charge in [0.25, 0.3) is 0 Å². The van der Waals surface area contributed by atoms with Gasteiger partial charge in [-0.3, -0.25) is 19.2 Å². The van der Waals surface area contributed by atoms with Gasteiger partial charge in [-0.05, 0) is 117 Å². The maximum atomic E-state index is 12.8. The summed E-state index contributed by atoms with van der Waals surface area (Å²) in [7, 11) is 0. The van der Waals surface area contributed by atoms with E-state index >= 15 is 0 Å². The summed E-state index contributed by atoms with van der Waals surface area (Å²) in [6.45, 7) is 19.4. The lowest BCUT2D eigenvalue weighted by molar-refractivity contribution is -0.251. The van der Waals surface area contributed by atoms with Gasteiger partial charge in [0, 0.05) is 10.8 Å². The molecule has 2 N–H and O–H groups in total. The van der Waals surface area contributed by atoms with Crippen LogP contribution < -0.4 is 0 Å². The molecule has 0 bridgehead atoms. The maximum Gasteiger partial charge on any atom is 0.316 e. The number of esters is 2. The molecular weight excluding hydrogens is 649 g/mol. The van der Waals surface area contributed by atoms with Gasteiger partial charge in [-0.1, -0.05) is 46.8 Å². The van der Waals surface area contributed by atoms with Crippen LogP contribution in [0.2, 0.25) is 0 Å². The third-order valence-electron chi connectivity index (χ3n) is 14.9. The van der Waals surface area contributed by atoms with Crippen molar-refractivity contribution >= 4 is 47.4 Å². The van der Waals surface area contributed by atoms with E-state index in [0.717, 1.165) is 81.3 Å². The highest BCUT2D eigenvalue weighted by Gasteiger charge is 2.71. The Kier molecular flexibility index (Phi) is 10.8. The molecule has 5 aliphatic carbocycles. The summed E-state index contributed by atoms with van der Waals surface area (Å²) < 4.78 is 12.1. The summed E-state index contributed by atoms with van der Waals surface area (Å²) in [6.07, 6.45) is 10.6. The fourth-order valence-corrected chi connectivity index (χ4v) is 13.7. The van der Waals surface area contributed by atoms with Crippen LogP contribution >= 0.6 is 23.5 Å². The number of carboxylic acid groups (broad SMARTS) is 2. The predicted molar refractivity (Wildman–Crippen MR) is 190 cm³/mol. The van der Waals surface area contributed by atoms with Crippen molar-refractivity contribution in [1.29, 1.82) is 0 Å². The van der Waals surface area contributed by atoms with E-state index in [0.29, 0.717) is 36.2 Å². The summed E-state index contributed by atoms with van der Waals surface area (Å²) in [6, 6.07) is 0. The SMILES string of the molecule is C=C(C)[C@@H]1CC[C@]2(COC(=O)CSCC(=O)O)CC[C@]3(C)[C@H](CC[C@@H]4[C@@]5(C)CC[C@H](OC(=O)CSCC(=O)O)C(C)(C)[C@@H]5CC[C@]43C)[C@@H]12. The lowest BCUT2D eigenvalue weighted by Gasteiger charge is -2.73. The van der Waals surface area contributed by atoms with Gasteiger partial charge in [0.1, 0.15) is 6.10 Å². The molecular formula is C38H58O8S2. The van der Waals surface area contributed by atoms with Crippen molar-refractivity contribution in [3.8, 4) is 0 Å². The molecule has 0 heterocycles. The Morgan fingerprint density at radius 1 is 0.729 bits per heavy atom. The van der Waals surface area contributed by atoms with Gasteiger partial charge in [0.15, 0.2) is 0 Å². The number of fused-ring (bicyclic) bond motifs is 7. The van der Waals surface area contributed by atoms with Crippen LogP contribution in [-0.4, -0.2) is 69.8 Å². The number of hydrogen-bond donors (Lipinski definition) is 2. The lowest BCUT2D eigenvalue weighted by Crippen LogP contribution is -2.67. The Balaban J connectivity index is 1.35. The molecule has 5 aliphatic rings. The van der Waals surface area contributed by atoms with Crippen LogP contribution in [-0.2, 0) is 28.7 Å². The van der Waals surface area contributed by atoms with Gasteiger partial charge in [-0.15, -0.1) is 23.5 Å². The number of carbonyl (C=O) groups is 4. The number of allylic oxidation sites excluding steroid dienone is 1. The van der Waals surface area contributed by atoms with E-state index in [1.165, 1.54) is 12.0 Å². The van der Waals surface area contributed by atoms with Crippen molar-refractivity contribution in [2.24, 2.45) is 56.7 Å². The van der Waals surface area contributed by atoms with Gasteiger partial charge < -0.3 is 19.7 Å². The number of carboxylic acids is 2. The quantitative estimate of drug-likeness (QED) is 0.154. The number of hydrogen-bond acceptors (Lipinski definition) is 8. The van der Waals surface area contributed by atoms with Crippen molar-refractivity contribution in [2.45, 2.75) is 112 Å². The second-order valence-corrected chi connectivity index (χ2v) is 19.3. The molecule has 0 amide bonds. The van der Waals surface area contributed by atoms with E-state index in [1.807, 2.05) is 0 Å². The summed E-state index contributed by atoms with van der Waals surface area (Å²) >= 11 is 2.19. The molecule has 0 saturated heterocycles. The van der Waals surface area contributed by atoms with E-state index in [1.54, 1.807) is 0 Å². The summed E-state index contributed by atoms with van der Waals surface area (Å²) in [5.74, 6) is -0.186. The molecule has 0 aromatic rings. The Hall–Kier alpha value is -1.68. The molecule has 5 saturated carbocycles. The molecule has 5 fully saturated rings. The van der Waals surface area contributed by atoms with Gasteiger partial charge in [0.2, 0.25) is 0 Å². The van der Waals surface area contributed by atoms with Gasteiger partial charge in [-0.2, -0.15) is 0 Å². The fraction of sp³-hybridized carbons (Fsp3) is 0.842. The van der Waals surface area contributed by atoms with E-state index in [-0.39, 0.29) is 68.1 Å². The van der Waals surface area contributed by atoms with Crippen LogP contribution in [0.4, 0.5) is 0 Å². The van der Waals surface area contributed by atoms with Gasteiger partial charge in [0.05, 0.1) is 29.6 Å². The van der Waals surface area contributed by atoms with Crippen LogP contribution in [0, 0.1) is 56.7 Å². The first-order valence-corrected chi connectivity index (χ1v) is 20.3. The highest BCUT2D eigenvalue weighted by atomic mass is 32.2. The number of thioether (sulfide) groups is 2. The van der Waals surface area contributed by atoms with Crippen molar-refractivity contribution in [3.63, 3.8) is 0 Å². The smallest absolute Gasteiger partial charge is 0.316 e. The fourth-order valence-electron chi connectivity index (χ4n) is 12.6. The standard InChI is InChI=1S/C38H58O8S2/c1-23(2)24-10-15-38(22-45-31(43)20-47-18-29(39)40)17-16-36(6)25(33(24)38)8-9-27-35(5)13-12-28(46-32(44)21-48-19-30(41)42)34(3,4)26(35)11-14-37(27,36)7/h24-28,33H,1,8-22H2,2-7H3,(H,39,40)(H,41,42)/t24-,25+,26-,27+,28-,33+,35-,36+,37+,38+/m0/s1. The minimum Gasteiger partial charge on any atom is -0.481 e. The molecule has 8 nitrogen and oxygen atoms in total. The zero-order valence-electron chi connectivity index (χ0n) is 29.9. The molecule has 0 aromatic carbocycles. The molecule has 0 radical (unpaired) electrons. The molecule has 5 rings (SSSR count). The van der Waals surface area contributed by atoms with Crippen molar-refractivity contribution in [2.75, 3.05) is 29.6 Å². The minimum atomic E-state index is -0.922. The average Bonchev–Trinajstić information content (AvgIpc) is 3.38. The van der Waals surface area contributed by atoms with Crippen LogP contribution in [0.25, 0.3) is 0 Å². The monoisotopic (exact) mass is 706 g/mol. The van der Waals surface area contributed by atoms with E-state index in [2.05, 4.69) is 48.1 Å². The highest BCUT2D eigenvalue weighted by Crippen LogP contribution is 2.77. The van der Waals surface area contributed by atoms with Gasteiger partial charge >= 0.3 is 23.9 Å². The van der Waals surface area contributed by atoms with Crippen LogP contribution in [0.5, 0.6) is 0 Å². The third kappa shape index (κ3) is 6.48. The Morgan fingerprint density at radius 2 is 1.38 bits per heavy atom. The second kappa shape index (κ2) is 13.8. The maximum absolute atomic E-state index is 12.8. The average molecular weight is 707 g/mol. The lowest BCUT2D eigenvalue weighted by atomic mass is 9.32. The third-order valence-corrected chi connectivity index (χ3v) is 16.6. The zero-order chi connectivity index (χ0) is 35.3. The molecule has 0 unspecified atom stereocenters. The Bertz CT molecular complexity index is 1300. The topological polar surface area (TPSA) is 127 Å². The molecule has 48 heavy (non-hydrogen) atoms. The van der Waals surface area contributed by atoms with Crippen molar-refractivity contribution < 1.29 is 38.9 Å². The Morgan fingerprint density at radius 3 is 2.00 bits per heavy atom. The summed E-state index contributed by atoms with van der Waals surface area (Å²) in [5.41, 5.74) is 1.45. The van der Waals surface area contributed by atoms with Gasteiger partial charge in [-0.25, -0.2) is 0 Å². The van der Waals surface area contributed by atoms with Crippen LogP contribution in [0.1, 0.15) is 106 Å². The molecule has 10 heteroatoms. The molecule has 0 aromatic heterocycles. The Labute approximate surface area is 295 Å². The molecule has 10 atom stereocenters. The molecule has 0 spiro atoms.